The third kappa shape index (κ3) is 16.2. The molecule has 1 radical (unpaired) electrons. The third-order valence-corrected chi connectivity index (χ3v) is 0.625. The molecule has 61 valence electrons. The van der Waals surface area contributed by atoms with Gasteiger partial charge >= 0.3 is 5.97 Å². The standard InChI is InChI=1S/C5H8O2.C3H3N.Na/c1-4(2)5(6)7-3;1-2-3-4;/h1H2,2-3H3;2H,1H2;. The van der Waals surface area contributed by atoms with E-state index in [1.54, 1.807) is 13.0 Å². The van der Waals surface area contributed by atoms with Gasteiger partial charge in [0.15, 0.2) is 0 Å². The van der Waals surface area contributed by atoms with Crippen LogP contribution in [0.4, 0.5) is 0 Å². The smallest absolute Gasteiger partial charge is 0.332 e. The monoisotopic (exact) mass is 176 g/mol. The topological polar surface area (TPSA) is 50.1 Å². The van der Waals surface area contributed by atoms with Crippen molar-refractivity contribution in [1.29, 1.82) is 5.26 Å². The van der Waals surface area contributed by atoms with Gasteiger partial charge in [0.05, 0.1) is 13.2 Å². The fourth-order valence-corrected chi connectivity index (χ4v) is 0.174. The van der Waals surface area contributed by atoms with Gasteiger partial charge in [-0.3, -0.25) is 0 Å². The van der Waals surface area contributed by atoms with Crippen LogP contribution in [0.5, 0.6) is 0 Å². The number of hydrogen-bond donors (Lipinski definition) is 0. The molecule has 0 unspecified atom stereocenters. The fourth-order valence-electron chi connectivity index (χ4n) is 0.174. The molecule has 3 nitrogen and oxygen atoms in total. The Balaban J connectivity index is -0.000000142. The molecule has 12 heavy (non-hydrogen) atoms. The van der Waals surface area contributed by atoms with E-state index in [1.807, 2.05) is 0 Å². The minimum absolute atomic E-state index is 0. The molecule has 0 N–H and O–H groups in total. The number of nitrogens with zero attached hydrogens (tertiary/aromatic N) is 1. The maximum atomic E-state index is 10.2. The number of nitriles is 1. The first-order valence-corrected chi connectivity index (χ1v) is 2.84. The summed E-state index contributed by atoms with van der Waals surface area (Å²) in [5, 5.41) is 7.51. The molecule has 0 rings (SSSR count). The van der Waals surface area contributed by atoms with Gasteiger partial charge in [0, 0.05) is 41.2 Å². The molecule has 0 aliphatic carbocycles. The quantitative estimate of drug-likeness (QED) is 0.260. The van der Waals surface area contributed by atoms with Gasteiger partial charge in [-0.1, -0.05) is 13.2 Å². The van der Waals surface area contributed by atoms with Crippen molar-refractivity contribution < 1.29 is 9.53 Å². The van der Waals surface area contributed by atoms with Crippen LogP contribution in [0.3, 0.4) is 0 Å². The number of hydrogen-bond acceptors (Lipinski definition) is 3. The molecule has 0 bridgehead atoms. The van der Waals surface area contributed by atoms with Crippen molar-refractivity contribution in [3.8, 4) is 6.07 Å². The molecule has 0 spiro atoms. The van der Waals surface area contributed by atoms with Crippen LogP contribution in [0.1, 0.15) is 6.92 Å². The summed E-state index contributed by atoms with van der Waals surface area (Å²) in [6, 6.07) is 1.69. The summed E-state index contributed by atoms with van der Waals surface area (Å²) in [7, 11) is 1.33. The number of carbonyl (C=O) groups is 1. The zero-order chi connectivity index (χ0) is 9.28. The van der Waals surface area contributed by atoms with Crippen molar-refractivity contribution in [1.82, 2.24) is 0 Å². The molecule has 0 saturated carbocycles. The maximum absolute atomic E-state index is 10.2. The van der Waals surface area contributed by atoms with Gasteiger partial charge in [0.25, 0.3) is 0 Å². The van der Waals surface area contributed by atoms with Crippen molar-refractivity contribution in [2.75, 3.05) is 7.11 Å². The van der Waals surface area contributed by atoms with Crippen LogP contribution in [-0.2, 0) is 9.53 Å². The van der Waals surface area contributed by atoms with Gasteiger partial charge in [-0.25, -0.2) is 4.79 Å². The Morgan fingerprint density at radius 3 is 2.00 bits per heavy atom. The molecule has 0 fully saturated rings. The Kier molecular flexibility index (Phi) is 19.1. The average molecular weight is 176 g/mol. The molecule has 0 atom stereocenters. The van der Waals surface area contributed by atoms with Crippen molar-refractivity contribution in [2.45, 2.75) is 6.92 Å². The first-order valence-electron chi connectivity index (χ1n) is 2.84. The van der Waals surface area contributed by atoms with Crippen LogP contribution in [0, 0.1) is 11.3 Å². The van der Waals surface area contributed by atoms with E-state index in [4.69, 9.17) is 5.26 Å². The fraction of sp³-hybridized carbons (Fsp3) is 0.250. The molecule has 0 amide bonds. The molecule has 0 heterocycles. The molecule has 0 aromatic heterocycles. The number of carbonyl (C=O) groups excluding carboxylic acids is 1. The Bertz CT molecular complexity index is 194. The third-order valence-electron chi connectivity index (χ3n) is 0.625. The Morgan fingerprint density at radius 1 is 1.67 bits per heavy atom. The molecular weight excluding hydrogens is 165 g/mol. The number of ether oxygens (including phenoxy) is 1. The summed E-state index contributed by atoms with van der Waals surface area (Å²) < 4.78 is 4.27. The summed E-state index contributed by atoms with van der Waals surface area (Å²) in [6.07, 6.45) is 1.18. The maximum Gasteiger partial charge on any atom is 0.332 e. The molecule has 0 aliphatic rings. The normalized spacial score (nSPS) is 5.75. The summed E-state index contributed by atoms with van der Waals surface area (Å²) in [5.41, 5.74) is 0.433. The van der Waals surface area contributed by atoms with E-state index >= 15 is 0 Å². The van der Waals surface area contributed by atoms with Crippen molar-refractivity contribution in [2.24, 2.45) is 0 Å². The largest absolute Gasteiger partial charge is 0.466 e. The van der Waals surface area contributed by atoms with E-state index in [9.17, 15) is 4.79 Å². The van der Waals surface area contributed by atoms with Crippen molar-refractivity contribution in [3.05, 3.63) is 24.8 Å². The molecule has 0 aromatic rings. The molecule has 0 aromatic carbocycles. The molecular formula is C8H11NNaO2. The van der Waals surface area contributed by atoms with E-state index in [0.29, 0.717) is 5.57 Å². The van der Waals surface area contributed by atoms with E-state index in [2.05, 4.69) is 17.9 Å². The van der Waals surface area contributed by atoms with Gasteiger partial charge in [-0.2, -0.15) is 5.26 Å². The van der Waals surface area contributed by atoms with Gasteiger partial charge in [0.2, 0.25) is 0 Å². The van der Waals surface area contributed by atoms with E-state index in [-0.39, 0.29) is 35.5 Å². The first kappa shape index (κ1) is 17.5. The van der Waals surface area contributed by atoms with Crippen LogP contribution in [-0.4, -0.2) is 42.6 Å². The SMILES string of the molecule is C=C(C)C(=O)OC.C=CC#N.[Na]. The molecule has 0 saturated heterocycles. The predicted molar refractivity (Wildman–Crippen MR) is 48.4 cm³/mol. The van der Waals surface area contributed by atoms with Crippen LogP contribution in [0.2, 0.25) is 0 Å². The minimum atomic E-state index is -0.347. The molecule has 0 aliphatic heterocycles. The predicted octanol–water partition coefficient (Wildman–Crippen LogP) is 1.05. The average Bonchev–Trinajstić information content (AvgIpc) is 2.03. The van der Waals surface area contributed by atoms with E-state index in [1.165, 1.54) is 13.2 Å². The van der Waals surface area contributed by atoms with E-state index < -0.39 is 0 Å². The van der Waals surface area contributed by atoms with Crippen molar-refractivity contribution in [3.63, 3.8) is 0 Å². The Hall–Kier alpha value is -0.560. The van der Waals surface area contributed by atoms with E-state index in [0.717, 1.165) is 0 Å². The van der Waals surface area contributed by atoms with Gasteiger partial charge in [-0.15, -0.1) is 0 Å². The molecule has 4 heteroatoms. The van der Waals surface area contributed by atoms with Crippen LogP contribution < -0.4 is 0 Å². The second kappa shape index (κ2) is 13.1. The van der Waals surface area contributed by atoms with Crippen LogP contribution >= 0.6 is 0 Å². The number of rotatable bonds is 1. The minimum Gasteiger partial charge on any atom is -0.466 e. The van der Waals surface area contributed by atoms with Crippen LogP contribution in [0.25, 0.3) is 0 Å². The first-order chi connectivity index (χ1) is 5.09. The summed E-state index contributed by atoms with van der Waals surface area (Å²) in [6.45, 7) is 8.07. The number of allylic oxidation sites excluding steroid dienone is 1. The summed E-state index contributed by atoms with van der Waals surface area (Å²) in [4.78, 5) is 10.2. The zero-order valence-electron chi connectivity index (χ0n) is 7.76. The summed E-state index contributed by atoms with van der Waals surface area (Å²) >= 11 is 0. The Morgan fingerprint density at radius 2 is 2.00 bits per heavy atom. The van der Waals surface area contributed by atoms with Crippen molar-refractivity contribution >= 4 is 35.5 Å². The summed E-state index contributed by atoms with van der Waals surface area (Å²) in [5.74, 6) is -0.347. The number of esters is 1. The van der Waals surface area contributed by atoms with Gasteiger partial charge in [-0.05, 0) is 6.92 Å². The van der Waals surface area contributed by atoms with Crippen LogP contribution in [0.15, 0.2) is 24.8 Å². The van der Waals surface area contributed by atoms with Gasteiger partial charge < -0.3 is 4.74 Å². The van der Waals surface area contributed by atoms with Gasteiger partial charge in [0.1, 0.15) is 0 Å². The number of methoxy groups -OCH3 is 1. The second-order valence-corrected chi connectivity index (χ2v) is 1.61. The zero-order valence-corrected chi connectivity index (χ0v) is 9.76. The Labute approximate surface area is 95.0 Å². The second-order valence-electron chi connectivity index (χ2n) is 1.61.